The zero-order valence-electron chi connectivity index (χ0n) is 24.6. The van der Waals surface area contributed by atoms with Gasteiger partial charge >= 0.3 is 0 Å². The Hall–Kier alpha value is -6.33. The highest BCUT2D eigenvalue weighted by molar-refractivity contribution is 6.27. The van der Waals surface area contributed by atoms with Crippen molar-refractivity contribution in [1.82, 2.24) is 19.5 Å². The largest absolute Gasteiger partial charge is 0.454 e. The van der Waals surface area contributed by atoms with E-state index in [2.05, 4.69) is 108 Å². The SMILES string of the molecule is c1ccc(-c2nc(-c3ccc4ccccc4c3)nc(-n3c4ccc5ccccc5c4c4ccc5c6ccccc6oc5c43)n2)cc1. The van der Waals surface area contributed by atoms with Crippen LogP contribution >= 0.6 is 0 Å². The van der Waals surface area contributed by atoms with Crippen molar-refractivity contribution >= 4 is 65.3 Å². The van der Waals surface area contributed by atoms with Crippen molar-refractivity contribution in [2.24, 2.45) is 0 Å². The number of hydrogen-bond donors (Lipinski definition) is 0. The number of hydrogen-bond acceptors (Lipinski definition) is 4. The molecule has 0 saturated carbocycles. The maximum Gasteiger partial charge on any atom is 0.238 e. The van der Waals surface area contributed by atoms with Crippen LogP contribution < -0.4 is 0 Å². The van der Waals surface area contributed by atoms with Gasteiger partial charge < -0.3 is 4.42 Å². The minimum Gasteiger partial charge on any atom is -0.454 e. The molecule has 0 N–H and O–H groups in total. The van der Waals surface area contributed by atoms with Crippen LogP contribution in [0.25, 0.3) is 94.0 Å². The quantitative estimate of drug-likeness (QED) is 0.206. The zero-order valence-corrected chi connectivity index (χ0v) is 24.6. The van der Waals surface area contributed by atoms with Crippen molar-refractivity contribution < 1.29 is 4.42 Å². The van der Waals surface area contributed by atoms with E-state index in [0.29, 0.717) is 17.6 Å². The van der Waals surface area contributed by atoms with Crippen molar-refractivity contribution in [3.8, 4) is 28.7 Å². The highest BCUT2D eigenvalue weighted by Gasteiger charge is 2.23. The Balaban J connectivity index is 1.36. The van der Waals surface area contributed by atoms with E-state index >= 15 is 0 Å². The van der Waals surface area contributed by atoms with Crippen LogP contribution in [0.2, 0.25) is 0 Å². The van der Waals surface area contributed by atoms with Gasteiger partial charge in [-0.15, -0.1) is 0 Å². The molecule has 7 aromatic carbocycles. The maximum atomic E-state index is 6.66. The lowest BCUT2D eigenvalue weighted by molar-refractivity contribution is 0.670. The molecular weight excluding hydrogens is 564 g/mol. The summed E-state index contributed by atoms with van der Waals surface area (Å²) in [6.45, 7) is 0. The summed E-state index contributed by atoms with van der Waals surface area (Å²) in [5.74, 6) is 1.77. The van der Waals surface area contributed by atoms with Crippen LogP contribution in [-0.2, 0) is 0 Å². The Bertz CT molecular complexity index is 2810. The van der Waals surface area contributed by atoms with E-state index < -0.39 is 0 Å². The molecule has 0 spiro atoms. The number of nitrogens with zero attached hydrogens (tertiary/aromatic N) is 4. The van der Waals surface area contributed by atoms with Gasteiger partial charge in [0.2, 0.25) is 5.95 Å². The van der Waals surface area contributed by atoms with Crippen LogP contribution in [-0.4, -0.2) is 19.5 Å². The lowest BCUT2D eigenvalue weighted by Gasteiger charge is -2.11. The van der Waals surface area contributed by atoms with Crippen molar-refractivity contribution in [3.63, 3.8) is 0 Å². The van der Waals surface area contributed by atoms with Gasteiger partial charge in [-0.1, -0.05) is 121 Å². The molecule has 0 saturated heterocycles. The number of fused-ring (bicyclic) bond motifs is 10. The van der Waals surface area contributed by atoms with E-state index in [4.69, 9.17) is 19.4 Å². The fourth-order valence-corrected chi connectivity index (χ4v) is 6.89. The average molecular weight is 589 g/mol. The van der Waals surface area contributed by atoms with Crippen LogP contribution in [0.4, 0.5) is 0 Å². The molecule has 0 bridgehead atoms. The summed E-state index contributed by atoms with van der Waals surface area (Å²) in [5, 5.41) is 9.03. The fraction of sp³-hybridized carbons (Fsp3) is 0. The number of para-hydroxylation sites is 1. The molecule has 3 aromatic heterocycles. The third-order valence-corrected chi connectivity index (χ3v) is 9.02. The van der Waals surface area contributed by atoms with Crippen LogP contribution in [0.15, 0.2) is 150 Å². The van der Waals surface area contributed by atoms with Gasteiger partial charge in [0, 0.05) is 32.7 Å². The molecule has 3 heterocycles. The van der Waals surface area contributed by atoms with Crippen molar-refractivity contribution in [2.75, 3.05) is 0 Å². The molecule has 0 aliphatic heterocycles. The molecule has 46 heavy (non-hydrogen) atoms. The van der Waals surface area contributed by atoms with E-state index in [1.165, 1.54) is 16.2 Å². The molecule has 0 atom stereocenters. The summed E-state index contributed by atoms with van der Waals surface area (Å²) in [6.07, 6.45) is 0. The van der Waals surface area contributed by atoms with E-state index in [9.17, 15) is 0 Å². The standard InChI is InChI=1S/C41H24N4O/c1-2-12-27(13-3-1)39-42-40(29-19-18-25-10-4-5-14-28(25)24-29)44-41(43-39)45-34-23-20-26-11-6-7-15-30(26)36(34)33-22-21-32-31-16-8-9-17-35(31)46-38(32)37(33)45/h1-24H. The van der Waals surface area contributed by atoms with Crippen molar-refractivity contribution in [2.45, 2.75) is 0 Å². The van der Waals surface area contributed by atoms with Gasteiger partial charge in [0.1, 0.15) is 11.1 Å². The normalized spacial score (nSPS) is 11.9. The lowest BCUT2D eigenvalue weighted by Crippen LogP contribution is -2.06. The van der Waals surface area contributed by atoms with Crippen LogP contribution in [0.5, 0.6) is 0 Å². The second kappa shape index (κ2) is 9.58. The van der Waals surface area contributed by atoms with Crippen LogP contribution in [0, 0.1) is 0 Å². The van der Waals surface area contributed by atoms with Gasteiger partial charge in [-0.25, -0.2) is 4.98 Å². The van der Waals surface area contributed by atoms with Gasteiger partial charge in [0.15, 0.2) is 17.2 Å². The van der Waals surface area contributed by atoms with E-state index in [-0.39, 0.29) is 0 Å². The van der Waals surface area contributed by atoms with Crippen LogP contribution in [0.1, 0.15) is 0 Å². The predicted molar refractivity (Wildman–Crippen MR) is 187 cm³/mol. The first-order valence-electron chi connectivity index (χ1n) is 15.4. The molecule has 5 heteroatoms. The number of aromatic nitrogens is 4. The summed E-state index contributed by atoms with van der Waals surface area (Å²) in [6, 6.07) is 50.3. The zero-order chi connectivity index (χ0) is 30.2. The summed E-state index contributed by atoms with van der Waals surface area (Å²) in [5.41, 5.74) is 5.47. The molecule has 10 rings (SSSR count). The highest BCUT2D eigenvalue weighted by Crippen LogP contribution is 2.42. The van der Waals surface area contributed by atoms with Crippen molar-refractivity contribution in [1.29, 1.82) is 0 Å². The van der Waals surface area contributed by atoms with Crippen LogP contribution in [0.3, 0.4) is 0 Å². The smallest absolute Gasteiger partial charge is 0.238 e. The Morgan fingerprint density at radius 1 is 0.457 bits per heavy atom. The molecule has 0 unspecified atom stereocenters. The molecule has 10 aromatic rings. The van der Waals surface area contributed by atoms with Gasteiger partial charge in [0.05, 0.1) is 5.52 Å². The molecule has 0 fully saturated rings. The molecule has 5 nitrogen and oxygen atoms in total. The third-order valence-electron chi connectivity index (χ3n) is 9.02. The topological polar surface area (TPSA) is 56.7 Å². The molecule has 0 radical (unpaired) electrons. The first kappa shape index (κ1) is 25.0. The maximum absolute atomic E-state index is 6.66. The Kier molecular flexibility index (Phi) is 5.22. The average Bonchev–Trinajstić information content (AvgIpc) is 3.68. The Morgan fingerprint density at radius 2 is 1.13 bits per heavy atom. The van der Waals surface area contributed by atoms with Crippen molar-refractivity contribution in [3.05, 3.63) is 146 Å². The number of benzene rings is 7. The fourth-order valence-electron chi connectivity index (χ4n) is 6.89. The molecule has 0 amide bonds. The number of furan rings is 1. The summed E-state index contributed by atoms with van der Waals surface area (Å²) < 4.78 is 8.82. The Morgan fingerprint density at radius 3 is 2.00 bits per heavy atom. The minimum atomic E-state index is 0.542. The molecule has 0 aliphatic carbocycles. The van der Waals surface area contributed by atoms with Gasteiger partial charge in [-0.3, -0.25) is 4.57 Å². The van der Waals surface area contributed by atoms with E-state index in [0.717, 1.165) is 60.3 Å². The van der Waals surface area contributed by atoms with E-state index in [1.54, 1.807) is 0 Å². The van der Waals surface area contributed by atoms with E-state index in [1.807, 2.05) is 42.5 Å². The second-order valence-corrected chi connectivity index (χ2v) is 11.7. The summed E-state index contributed by atoms with van der Waals surface area (Å²) >= 11 is 0. The Labute approximate surface area is 263 Å². The monoisotopic (exact) mass is 588 g/mol. The predicted octanol–water partition coefficient (Wildman–Crippen LogP) is 10.5. The van der Waals surface area contributed by atoms with Gasteiger partial charge in [0.25, 0.3) is 0 Å². The summed E-state index contributed by atoms with van der Waals surface area (Å²) in [7, 11) is 0. The van der Waals surface area contributed by atoms with Gasteiger partial charge in [-0.2, -0.15) is 9.97 Å². The lowest BCUT2D eigenvalue weighted by atomic mass is 10.0. The minimum absolute atomic E-state index is 0.542. The molecule has 214 valence electrons. The summed E-state index contributed by atoms with van der Waals surface area (Å²) in [4.78, 5) is 15.4. The van der Waals surface area contributed by atoms with Gasteiger partial charge in [-0.05, 0) is 45.8 Å². The first-order chi connectivity index (χ1) is 22.8. The molecule has 0 aliphatic rings. The first-order valence-corrected chi connectivity index (χ1v) is 15.4. The highest BCUT2D eigenvalue weighted by atomic mass is 16.3. The number of rotatable bonds is 3. The second-order valence-electron chi connectivity index (χ2n) is 11.7. The third kappa shape index (κ3) is 3.66. The molecular formula is C41H24N4O.